The molecule has 3 heterocycles. The van der Waals surface area contributed by atoms with Crippen LogP contribution in [0.3, 0.4) is 0 Å². The summed E-state index contributed by atoms with van der Waals surface area (Å²) in [5.74, 6) is 0. The van der Waals surface area contributed by atoms with Crippen LogP contribution < -0.4 is 0 Å². The highest BCUT2D eigenvalue weighted by molar-refractivity contribution is 7.21. The standard InChI is InChI=1S/C47H29N3S/c1-2-13-30(14-3-1)31-16-12-17-33(25-31)49-42-22-9-6-19-36(42)38-29-45-39(28-44(38)49)37-20-7-10-23-43(37)50(45)34-26-32-15-4-5-18-35(32)40(27-34)47-48-41-21-8-11-24-46(41)51-47/h1-29H. The van der Waals surface area contributed by atoms with Gasteiger partial charge in [0.1, 0.15) is 5.01 Å². The van der Waals surface area contributed by atoms with Gasteiger partial charge in [0.05, 0.1) is 32.3 Å². The number of hydrogen-bond donors (Lipinski definition) is 0. The van der Waals surface area contributed by atoms with E-state index in [1.165, 1.54) is 70.2 Å². The van der Waals surface area contributed by atoms with E-state index < -0.39 is 0 Å². The van der Waals surface area contributed by atoms with Crippen LogP contribution in [0.2, 0.25) is 0 Å². The van der Waals surface area contributed by atoms with Gasteiger partial charge in [-0.15, -0.1) is 11.3 Å². The summed E-state index contributed by atoms with van der Waals surface area (Å²) in [5, 5.41) is 8.40. The lowest BCUT2D eigenvalue weighted by Gasteiger charge is -2.13. The molecule has 0 radical (unpaired) electrons. The molecule has 8 aromatic carbocycles. The van der Waals surface area contributed by atoms with Crippen molar-refractivity contribution < 1.29 is 0 Å². The molecule has 0 saturated heterocycles. The average molecular weight is 668 g/mol. The molecule has 0 spiro atoms. The van der Waals surface area contributed by atoms with Crippen molar-refractivity contribution in [3.05, 3.63) is 176 Å². The molecule has 0 atom stereocenters. The summed E-state index contributed by atoms with van der Waals surface area (Å²) in [6.45, 7) is 0. The van der Waals surface area contributed by atoms with Crippen molar-refractivity contribution in [3.8, 4) is 33.1 Å². The third kappa shape index (κ3) is 4.33. The quantitative estimate of drug-likeness (QED) is 0.183. The van der Waals surface area contributed by atoms with Gasteiger partial charge in [0.2, 0.25) is 0 Å². The van der Waals surface area contributed by atoms with Crippen molar-refractivity contribution in [2.75, 3.05) is 0 Å². The van der Waals surface area contributed by atoms with Gasteiger partial charge in [-0.2, -0.15) is 0 Å². The zero-order valence-electron chi connectivity index (χ0n) is 27.5. The maximum Gasteiger partial charge on any atom is 0.125 e. The molecule has 51 heavy (non-hydrogen) atoms. The van der Waals surface area contributed by atoms with Crippen molar-refractivity contribution in [1.29, 1.82) is 0 Å². The molecule has 0 amide bonds. The third-order valence-corrected chi connectivity index (χ3v) is 11.4. The monoisotopic (exact) mass is 667 g/mol. The van der Waals surface area contributed by atoms with Crippen molar-refractivity contribution in [2.24, 2.45) is 0 Å². The molecule has 11 rings (SSSR count). The molecular weight excluding hydrogens is 639 g/mol. The summed E-state index contributed by atoms with van der Waals surface area (Å²) in [6, 6.07) is 63.8. The third-order valence-electron chi connectivity index (χ3n) is 10.3. The van der Waals surface area contributed by atoms with Crippen LogP contribution in [0.5, 0.6) is 0 Å². The second kappa shape index (κ2) is 11.0. The molecule has 3 nitrogen and oxygen atoms in total. The first-order chi connectivity index (χ1) is 25.3. The van der Waals surface area contributed by atoms with Crippen molar-refractivity contribution in [1.82, 2.24) is 14.1 Å². The minimum Gasteiger partial charge on any atom is -0.309 e. The molecule has 0 fully saturated rings. The van der Waals surface area contributed by atoms with Crippen LogP contribution >= 0.6 is 11.3 Å². The topological polar surface area (TPSA) is 22.8 Å². The van der Waals surface area contributed by atoms with E-state index in [0.29, 0.717) is 0 Å². The van der Waals surface area contributed by atoms with Crippen LogP contribution in [0, 0.1) is 0 Å². The van der Waals surface area contributed by atoms with E-state index in [1.807, 2.05) is 0 Å². The summed E-state index contributed by atoms with van der Waals surface area (Å²) >= 11 is 1.76. The van der Waals surface area contributed by atoms with Crippen LogP contribution in [-0.2, 0) is 0 Å². The fourth-order valence-corrected chi connectivity index (χ4v) is 9.03. The summed E-state index contributed by atoms with van der Waals surface area (Å²) in [5.41, 5.74) is 11.7. The number of aromatic nitrogens is 3. The molecule has 0 bridgehead atoms. The lowest BCUT2D eigenvalue weighted by atomic mass is 10.0. The van der Waals surface area contributed by atoms with Gasteiger partial charge >= 0.3 is 0 Å². The highest BCUT2D eigenvalue weighted by atomic mass is 32.1. The van der Waals surface area contributed by atoms with E-state index in [1.54, 1.807) is 11.3 Å². The maximum atomic E-state index is 5.12. The Hall–Kier alpha value is -6.49. The SMILES string of the molecule is c1ccc(-c2cccc(-n3c4ccccc4c4cc5c(cc43)c3ccccc3n5-c3cc(-c4nc5ccccc5s4)c4ccccc4c3)c2)cc1. The van der Waals surface area contributed by atoms with Gasteiger partial charge in [-0.05, 0) is 82.6 Å². The number of para-hydroxylation sites is 3. The predicted octanol–water partition coefficient (Wildman–Crippen LogP) is 13.0. The Morgan fingerprint density at radius 2 is 1.00 bits per heavy atom. The largest absolute Gasteiger partial charge is 0.309 e. The van der Waals surface area contributed by atoms with Crippen LogP contribution in [0.1, 0.15) is 0 Å². The van der Waals surface area contributed by atoms with Gasteiger partial charge < -0.3 is 9.13 Å². The molecule has 11 aromatic rings. The van der Waals surface area contributed by atoms with Crippen LogP contribution in [0.4, 0.5) is 0 Å². The van der Waals surface area contributed by atoms with E-state index in [9.17, 15) is 0 Å². The summed E-state index contributed by atoms with van der Waals surface area (Å²) in [7, 11) is 0. The molecule has 0 aliphatic heterocycles. The summed E-state index contributed by atoms with van der Waals surface area (Å²) < 4.78 is 6.09. The van der Waals surface area contributed by atoms with E-state index in [2.05, 4.69) is 185 Å². The number of nitrogens with zero attached hydrogens (tertiary/aromatic N) is 3. The van der Waals surface area contributed by atoms with E-state index in [4.69, 9.17) is 4.98 Å². The molecule has 3 aromatic heterocycles. The van der Waals surface area contributed by atoms with Crippen LogP contribution in [0.25, 0.3) is 97.7 Å². The summed E-state index contributed by atoms with van der Waals surface area (Å²) in [6.07, 6.45) is 0. The number of benzene rings is 8. The normalized spacial score (nSPS) is 11.9. The average Bonchev–Trinajstić information content (AvgIpc) is 3.87. The first-order valence-corrected chi connectivity index (χ1v) is 18.1. The Labute approximate surface area is 297 Å². The van der Waals surface area contributed by atoms with Crippen molar-refractivity contribution in [2.45, 2.75) is 0 Å². The van der Waals surface area contributed by atoms with E-state index >= 15 is 0 Å². The van der Waals surface area contributed by atoms with Gasteiger partial charge in [0, 0.05) is 38.5 Å². The van der Waals surface area contributed by atoms with Crippen molar-refractivity contribution >= 4 is 75.9 Å². The lowest BCUT2D eigenvalue weighted by molar-refractivity contribution is 1.18. The fraction of sp³-hybridized carbons (Fsp3) is 0. The molecule has 0 saturated carbocycles. The van der Waals surface area contributed by atoms with Gasteiger partial charge in [-0.3, -0.25) is 0 Å². The summed E-state index contributed by atoms with van der Waals surface area (Å²) in [4.78, 5) is 5.12. The molecule has 0 aliphatic rings. The van der Waals surface area contributed by atoms with Crippen LogP contribution in [0.15, 0.2) is 176 Å². The van der Waals surface area contributed by atoms with Gasteiger partial charge in [0.15, 0.2) is 0 Å². The highest BCUT2D eigenvalue weighted by Gasteiger charge is 2.20. The van der Waals surface area contributed by atoms with Gasteiger partial charge in [-0.1, -0.05) is 115 Å². The number of rotatable bonds is 4. The Morgan fingerprint density at radius 3 is 1.75 bits per heavy atom. The molecule has 0 N–H and O–H groups in total. The first-order valence-electron chi connectivity index (χ1n) is 17.3. The Morgan fingerprint density at radius 1 is 0.392 bits per heavy atom. The number of hydrogen-bond acceptors (Lipinski definition) is 2. The second-order valence-electron chi connectivity index (χ2n) is 13.2. The second-order valence-corrected chi connectivity index (χ2v) is 14.2. The van der Waals surface area contributed by atoms with Crippen LogP contribution in [-0.4, -0.2) is 14.1 Å². The van der Waals surface area contributed by atoms with Gasteiger partial charge in [-0.25, -0.2) is 4.98 Å². The van der Waals surface area contributed by atoms with Crippen molar-refractivity contribution in [3.63, 3.8) is 0 Å². The first kappa shape index (κ1) is 28.4. The molecular formula is C47H29N3S. The van der Waals surface area contributed by atoms with E-state index in [-0.39, 0.29) is 0 Å². The molecule has 238 valence electrons. The Bertz CT molecular complexity index is 3110. The fourth-order valence-electron chi connectivity index (χ4n) is 8.03. The highest BCUT2D eigenvalue weighted by Crippen LogP contribution is 2.42. The minimum atomic E-state index is 1.04. The van der Waals surface area contributed by atoms with Gasteiger partial charge in [0.25, 0.3) is 0 Å². The smallest absolute Gasteiger partial charge is 0.125 e. The lowest BCUT2D eigenvalue weighted by Crippen LogP contribution is -1.96. The van der Waals surface area contributed by atoms with E-state index in [0.717, 1.165) is 27.5 Å². The zero-order valence-corrected chi connectivity index (χ0v) is 28.3. The predicted molar refractivity (Wildman–Crippen MR) is 217 cm³/mol. The molecule has 0 aliphatic carbocycles. The molecule has 0 unspecified atom stereocenters. The minimum absolute atomic E-state index is 1.04. The Kier molecular flexibility index (Phi) is 6.12. The number of thiazole rings is 1. The Balaban J connectivity index is 1.21. The zero-order chi connectivity index (χ0) is 33.5. The number of fused-ring (bicyclic) bond motifs is 8. The maximum absolute atomic E-state index is 5.12. The molecule has 4 heteroatoms.